The summed E-state index contributed by atoms with van der Waals surface area (Å²) in [5, 5.41) is 0. The van der Waals surface area contributed by atoms with Crippen LogP contribution in [0.5, 0.6) is 0 Å². The second-order valence-corrected chi connectivity index (χ2v) is 5.65. The number of benzene rings is 1. The van der Waals surface area contributed by atoms with Crippen molar-refractivity contribution in [2.75, 3.05) is 12.3 Å². The van der Waals surface area contributed by atoms with Crippen LogP contribution in [0.2, 0.25) is 0 Å². The summed E-state index contributed by atoms with van der Waals surface area (Å²) in [6.07, 6.45) is 2.70. The molecule has 0 bridgehead atoms. The summed E-state index contributed by atoms with van der Waals surface area (Å²) in [6.45, 7) is 9.07. The van der Waals surface area contributed by atoms with Crippen molar-refractivity contribution in [1.29, 1.82) is 0 Å². The molecule has 1 aliphatic heterocycles. The van der Waals surface area contributed by atoms with Gasteiger partial charge in [0.25, 0.3) is 0 Å². The Morgan fingerprint density at radius 3 is 2.76 bits per heavy atom. The van der Waals surface area contributed by atoms with Crippen molar-refractivity contribution in [1.82, 2.24) is 4.90 Å². The Labute approximate surface area is 105 Å². The summed E-state index contributed by atoms with van der Waals surface area (Å²) in [5.74, 6) is 0.834. The van der Waals surface area contributed by atoms with E-state index in [1.807, 2.05) is 6.07 Å². The van der Waals surface area contributed by atoms with Crippen LogP contribution < -0.4 is 5.73 Å². The maximum absolute atomic E-state index is 5.86. The van der Waals surface area contributed by atoms with Gasteiger partial charge in [-0.15, -0.1) is 0 Å². The monoisotopic (exact) mass is 232 g/mol. The summed E-state index contributed by atoms with van der Waals surface area (Å²) in [5.41, 5.74) is 9.34. The molecule has 1 aromatic carbocycles. The number of likely N-dealkylation sites (tertiary alicyclic amines) is 1. The van der Waals surface area contributed by atoms with E-state index in [0.717, 1.165) is 18.2 Å². The number of piperidine rings is 1. The Bertz CT molecular complexity index is 387. The first-order chi connectivity index (χ1) is 8.06. The molecule has 1 heterocycles. The van der Waals surface area contributed by atoms with Gasteiger partial charge in [0, 0.05) is 24.8 Å². The predicted octanol–water partition coefficient (Wildman–Crippen LogP) is 3.20. The number of hydrogen-bond acceptors (Lipinski definition) is 2. The Morgan fingerprint density at radius 2 is 2.06 bits per heavy atom. The highest BCUT2D eigenvalue weighted by Crippen LogP contribution is 2.24. The molecule has 0 amide bonds. The fourth-order valence-corrected chi connectivity index (χ4v) is 2.67. The molecule has 1 aromatic rings. The molecule has 2 atom stereocenters. The third-order valence-electron chi connectivity index (χ3n) is 3.97. The molecule has 1 saturated heterocycles. The van der Waals surface area contributed by atoms with Crippen LogP contribution in [-0.4, -0.2) is 17.5 Å². The van der Waals surface area contributed by atoms with Crippen LogP contribution in [0.3, 0.4) is 0 Å². The average Bonchev–Trinajstić information content (AvgIpc) is 2.29. The van der Waals surface area contributed by atoms with Gasteiger partial charge in [-0.05, 0) is 49.8 Å². The minimum absolute atomic E-state index is 0.712. The normalized spacial score (nSPS) is 26.1. The van der Waals surface area contributed by atoms with Crippen LogP contribution in [0.4, 0.5) is 5.69 Å². The van der Waals surface area contributed by atoms with Crippen LogP contribution in [-0.2, 0) is 6.54 Å². The van der Waals surface area contributed by atoms with Crippen molar-refractivity contribution < 1.29 is 0 Å². The zero-order valence-electron chi connectivity index (χ0n) is 11.2. The molecule has 17 heavy (non-hydrogen) atoms. The quantitative estimate of drug-likeness (QED) is 0.793. The molecule has 1 fully saturated rings. The maximum atomic E-state index is 5.86. The maximum Gasteiger partial charge on any atom is 0.0343 e. The van der Waals surface area contributed by atoms with Crippen molar-refractivity contribution in [3.8, 4) is 0 Å². The lowest BCUT2D eigenvalue weighted by Gasteiger charge is -2.36. The van der Waals surface area contributed by atoms with E-state index >= 15 is 0 Å². The second kappa shape index (κ2) is 5.09. The zero-order valence-corrected chi connectivity index (χ0v) is 11.2. The SMILES string of the molecule is Cc1cc(CN2CC(C)CCC2C)ccc1N. The molecular formula is C15H24N2. The van der Waals surface area contributed by atoms with E-state index < -0.39 is 0 Å². The van der Waals surface area contributed by atoms with Crippen LogP contribution in [0, 0.1) is 12.8 Å². The van der Waals surface area contributed by atoms with Crippen molar-refractivity contribution in [3.63, 3.8) is 0 Å². The van der Waals surface area contributed by atoms with E-state index in [9.17, 15) is 0 Å². The van der Waals surface area contributed by atoms with Gasteiger partial charge < -0.3 is 5.73 Å². The second-order valence-electron chi connectivity index (χ2n) is 5.65. The topological polar surface area (TPSA) is 29.3 Å². The molecular weight excluding hydrogens is 208 g/mol. The highest BCUT2D eigenvalue weighted by molar-refractivity contribution is 5.47. The molecule has 2 heteroatoms. The number of nitrogens with zero attached hydrogens (tertiary/aromatic N) is 1. The molecule has 94 valence electrons. The van der Waals surface area contributed by atoms with E-state index in [1.54, 1.807) is 0 Å². The molecule has 2 unspecified atom stereocenters. The van der Waals surface area contributed by atoms with Gasteiger partial charge in [0.1, 0.15) is 0 Å². The number of aryl methyl sites for hydroxylation is 1. The van der Waals surface area contributed by atoms with Crippen molar-refractivity contribution >= 4 is 5.69 Å². The number of rotatable bonds is 2. The number of anilines is 1. The first-order valence-corrected chi connectivity index (χ1v) is 6.65. The van der Waals surface area contributed by atoms with E-state index in [-0.39, 0.29) is 0 Å². The summed E-state index contributed by atoms with van der Waals surface area (Å²) in [4.78, 5) is 2.60. The smallest absolute Gasteiger partial charge is 0.0343 e. The Kier molecular flexibility index (Phi) is 3.72. The molecule has 0 spiro atoms. The molecule has 2 rings (SSSR count). The lowest BCUT2D eigenvalue weighted by Crippen LogP contribution is -2.40. The van der Waals surface area contributed by atoms with Gasteiger partial charge in [0.2, 0.25) is 0 Å². The fourth-order valence-electron chi connectivity index (χ4n) is 2.67. The van der Waals surface area contributed by atoms with Gasteiger partial charge in [0.05, 0.1) is 0 Å². The molecule has 0 radical (unpaired) electrons. The lowest BCUT2D eigenvalue weighted by molar-refractivity contribution is 0.117. The fraction of sp³-hybridized carbons (Fsp3) is 0.600. The molecule has 2 nitrogen and oxygen atoms in total. The highest BCUT2D eigenvalue weighted by atomic mass is 15.2. The molecule has 0 saturated carbocycles. The van der Waals surface area contributed by atoms with Gasteiger partial charge >= 0.3 is 0 Å². The third kappa shape index (κ3) is 3.01. The molecule has 2 N–H and O–H groups in total. The van der Waals surface area contributed by atoms with Crippen molar-refractivity contribution in [2.24, 2.45) is 5.92 Å². The van der Waals surface area contributed by atoms with Gasteiger partial charge in [-0.1, -0.05) is 19.1 Å². The first kappa shape index (κ1) is 12.4. The minimum atomic E-state index is 0.712. The highest BCUT2D eigenvalue weighted by Gasteiger charge is 2.22. The Hall–Kier alpha value is -1.02. The summed E-state index contributed by atoms with van der Waals surface area (Å²) < 4.78 is 0. The summed E-state index contributed by atoms with van der Waals surface area (Å²) in [7, 11) is 0. The number of hydrogen-bond donors (Lipinski definition) is 1. The number of nitrogens with two attached hydrogens (primary N) is 1. The van der Waals surface area contributed by atoms with E-state index in [4.69, 9.17) is 5.73 Å². The summed E-state index contributed by atoms with van der Waals surface area (Å²) in [6, 6.07) is 7.13. The first-order valence-electron chi connectivity index (χ1n) is 6.65. The minimum Gasteiger partial charge on any atom is -0.399 e. The molecule has 0 aliphatic carbocycles. The Balaban J connectivity index is 2.06. The largest absolute Gasteiger partial charge is 0.399 e. The van der Waals surface area contributed by atoms with Gasteiger partial charge in [-0.25, -0.2) is 0 Å². The molecule has 1 aliphatic rings. The van der Waals surface area contributed by atoms with Crippen LogP contribution >= 0.6 is 0 Å². The van der Waals surface area contributed by atoms with E-state index in [1.165, 1.54) is 30.5 Å². The third-order valence-corrected chi connectivity index (χ3v) is 3.97. The van der Waals surface area contributed by atoms with Gasteiger partial charge in [0.15, 0.2) is 0 Å². The van der Waals surface area contributed by atoms with Crippen LogP contribution in [0.1, 0.15) is 37.8 Å². The van der Waals surface area contributed by atoms with E-state index in [2.05, 4.69) is 37.8 Å². The molecule has 0 aromatic heterocycles. The van der Waals surface area contributed by atoms with Gasteiger partial charge in [-0.3, -0.25) is 4.90 Å². The lowest BCUT2D eigenvalue weighted by atomic mass is 9.94. The predicted molar refractivity (Wildman–Crippen MR) is 73.9 cm³/mol. The standard InChI is InChI=1S/C15H24N2/c1-11-4-5-13(3)17(9-11)10-14-6-7-15(16)12(2)8-14/h6-8,11,13H,4-5,9-10,16H2,1-3H3. The van der Waals surface area contributed by atoms with Crippen molar-refractivity contribution in [3.05, 3.63) is 29.3 Å². The van der Waals surface area contributed by atoms with Crippen LogP contribution in [0.15, 0.2) is 18.2 Å². The number of nitrogen functional groups attached to an aromatic ring is 1. The van der Waals surface area contributed by atoms with Crippen molar-refractivity contribution in [2.45, 2.75) is 46.2 Å². The average molecular weight is 232 g/mol. The van der Waals surface area contributed by atoms with Crippen LogP contribution in [0.25, 0.3) is 0 Å². The summed E-state index contributed by atoms with van der Waals surface area (Å²) >= 11 is 0. The Morgan fingerprint density at radius 1 is 1.29 bits per heavy atom. The van der Waals surface area contributed by atoms with Gasteiger partial charge in [-0.2, -0.15) is 0 Å². The van der Waals surface area contributed by atoms with E-state index in [0.29, 0.717) is 6.04 Å². The zero-order chi connectivity index (χ0) is 12.4.